The number of methoxy groups -OCH3 is 2. The maximum atomic E-state index is 14.3. The van der Waals surface area contributed by atoms with Gasteiger partial charge in [0.05, 0.1) is 23.1 Å². The molecule has 4 rings (SSSR count). The molecule has 242 valence electrons. The number of nitrogens with zero attached hydrogens (tertiary/aromatic N) is 2. The molecule has 2 atom stereocenters. The molecule has 2 aromatic rings. The maximum absolute atomic E-state index is 14.3. The zero-order valence-electron chi connectivity index (χ0n) is 24.7. The van der Waals surface area contributed by atoms with E-state index in [2.05, 4.69) is 0 Å². The van der Waals surface area contributed by atoms with Gasteiger partial charge in [0.2, 0.25) is 5.91 Å². The fourth-order valence-electron chi connectivity index (χ4n) is 5.64. The van der Waals surface area contributed by atoms with Crippen LogP contribution in [-0.4, -0.2) is 85.2 Å². The first kappa shape index (κ1) is 33.8. The number of carbonyl (C=O) groups excluding carboxylic acids is 1. The third kappa shape index (κ3) is 8.15. The van der Waals surface area contributed by atoms with Gasteiger partial charge >= 0.3 is 12.3 Å². The van der Waals surface area contributed by atoms with Gasteiger partial charge in [0.1, 0.15) is 18.0 Å². The Balaban J connectivity index is 1.68. The van der Waals surface area contributed by atoms with Crippen LogP contribution in [-0.2, 0) is 39.0 Å². The van der Waals surface area contributed by atoms with E-state index in [9.17, 15) is 33.0 Å². The Morgan fingerprint density at radius 3 is 2.41 bits per heavy atom. The highest BCUT2D eigenvalue weighted by molar-refractivity contribution is 6.31. The van der Waals surface area contributed by atoms with E-state index >= 15 is 0 Å². The molecule has 13 heteroatoms. The van der Waals surface area contributed by atoms with Gasteiger partial charge in [-0.1, -0.05) is 23.7 Å². The number of aliphatic hydroxyl groups is 1. The summed E-state index contributed by atoms with van der Waals surface area (Å²) in [6.45, 7) is 0.893. The third-order valence-electron chi connectivity index (χ3n) is 8.10. The molecule has 9 nitrogen and oxygen atoms in total. The molecule has 2 aliphatic rings. The van der Waals surface area contributed by atoms with E-state index in [1.165, 1.54) is 6.07 Å². The number of rotatable bonds is 13. The van der Waals surface area contributed by atoms with Crippen LogP contribution in [0.2, 0.25) is 5.02 Å². The van der Waals surface area contributed by atoms with Crippen molar-refractivity contribution in [3.8, 4) is 5.75 Å². The number of alkyl halides is 3. The Morgan fingerprint density at radius 1 is 1.07 bits per heavy atom. The van der Waals surface area contributed by atoms with Crippen molar-refractivity contribution in [1.29, 1.82) is 0 Å². The van der Waals surface area contributed by atoms with Gasteiger partial charge in [0.15, 0.2) is 0 Å². The van der Waals surface area contributed by atoms with Crippen LogP contribution < -0.4 is 4.74 Å². The van der Waals surface area contributed by atoms with Crippen LogP contribution in [0.3, 0.4) is 0 Å². The first-order valence-electron chi connectivity index (χ1n) is 14.5. The third-order valence-corrected chi connectivity index (χ3v) is 8.43. The van der Waals surface area contributed by atoms with E-state index in [1.54, 1.807) is 19.1 Å². The van der Waals surface area contributed by atoms with Gasteiger partial charge in [-0.25, -0.2) is 4.79 Å². The summed E-state index contributed by atoms with van der Waals surface area (Å²) in [6, 6.07) is 8.62. The molecule has 1 aliphatic heterocycles. The van der Waals surface area contributed by atoms with Crippen LogP contribution >= 0.6 is 11.6 Å². The Labute approximate surface area is 259 Å². The number of hydrogen-bond donors (Lipinski definition) is 2. The normalized spacial score (nSPS) is 20.4. The van der Waals surface area contributed by atoms with E-state index in [1.807, 2.05) is 18.2 Å². The van der Waals surface area contributed by atoms with Crippen molar-refractivity contribution in [1.82, 2.24) is 9.80 Å². The minimum absolute atomic E-state index is 0.137. The maximum Gasteiger partial charge on any atom is 0.417 e. The van der Waals surface area contributed by atoms with Gasteiger partial charge in [-0.3, -0.25) is 4.79 Å². The van der Waals surface area contributed by atoms with E-state index in [-0.39, 0.29) is 37.7 Å². The predicted molar refractivity (Wildman–Crippen MR) is 156 cm³/mol. The Kier molecular flexibility index (Phi) is 11.0. The molecule has 2 amide bonds. The van der Waals surface area contributed by atoms with Crippen LogP contribution in [0.5, 0.6) is 5.75 Å². The number of carbonyl (C=O) groups is 2. The molecular formula is C31H38ClF3N2O7. The standard InChI is InChI=1S/C31H38ClF3N2O7/c1-42-11-3-4-20-14-21(16-24(15-20)44-13-12-43-2)18-37(23-6-7-23)28(38)26-19-36(29(39)40)10-9-30(26,41)22-5-8-27(32)25(17-22)31(33,34)35/h5,8,14-17,23,26,41H,3-4,6-7,9-13,18-19H2,1-2H3,(H,39,40)/t26-,30+/m1/s1. The van der Waals surface area contributed by atoms with E-state index in [0.717, 1.165) is 34.6 Å². The minimum atomic E-state index is -4.79. The number of likely N-dealkylation sites (tertiary alicyclic amines) is 1. The molecule has 1 aliphatic carbocycles. The number of halogens is 4. The lowest BCUT2D eigenvalue weighted by Gasteiger charge is -2.45. The topological polar surface area (TPSA) is 109 Å². The lowest BCUT2D eigenvalue weighted by atomic mass is 9.74. The quantitative estimate of drug-likeness (QED) is 0.284. The summed E-state index contributed by atoms with van der Waals surface area (Å²) in [5, 5.41) is 21.2. The zero-order chi connectivity index (χ0) is 32.1. The van der Waals surface area contributed by atoms with Crippen molar-refractivity contribution >= 4 is 23.6 Å². The van der Waals surface area contributed by atoms with Gasteiger partial charge < -0.3 is 34.2 Å². The molecule has 0 spiro atoms. The number of carboxylic acid groups (broad SMARTS) is 1. The van der Waals surface area contributed by atoms with Gasteiger partial charge in [-0.05, 0) is 73.1 Å². The number of benzene rings is 2. The molecule has 0 aromatic heterocycles. The van der Waals surface area contributed by atoms with Crippen molar-refractivity contribution in [3.63, 3.8) is 0 Å². The molecule has 0 unspecified atom stereocenters. The summed E-state index contributed by atoms with van der Waals surface area (Å²) < 4.78 is 57.4. The fraction of sp³-hybridized carbons (Fsp3) is 0.548. The average molecular weight is 643 g/mol. The second-order valence-electron chi connectivity index (χ2n) is 11.3. The molecule has 44 heavy (non-hydrogen) atoms. The molecule has 2 aromatic carbocycles. The SMILES string of the molecule is COCCCc1cc(CN(C(=O)[C@H]2CN(C(=O)O)CC[C@]2(O)c2ccc(Cl)c(C(F)(F)F)c2)C2CC2)cc(OCCOC)c1. The van der Waals surface area contributed by atoms with Gasteiger partial charge in [-0.15, -0.1) is 0 Å². The highest BCUT2D eigenvalue weighted by Crippen LogP contribution is 2.44. The number of amides is 2. The number of aryl methyl sites for hydroxylation is 1. The average Bonchev–Trinajstić information content (AvgIpc) is 3.81. The molecule has 2 fully saturated rings. The largest absolute Gasteiger partial charge is 0.491 e. The van der Waals surface area contributed by atoms with E-state index in [0.29, 0.717) is 44.8 Å². The molecular weight excluding hydrogens is 605 g/mol. The van der Waals surface area contributed by atoms with Crippen LogP contribution in [0.15, 0.2) is 36.4 Å². The molecule has 1 saturated carbocycles. The molecule has 0 bridgehead atoms. The van der Waals surface area contributed by atoms with Crippen LogP contribution in [0.1, 0.15) is 47.9 Å². The first-order valence-corrected chi connectivity index (χ1v) is 14.9. The smallest absolute Gasteiger partial charge is 0.417 e. The summed E-state index contributed by atoms with van der Waals surface area (Å²) >= 11 is 5.84. The summed E-state index contributed by atoms with van der Waals surface area (Å²) in [5.74, 6) is -1.28. The van der Waals surface area contributed by atoms with Crippen LogP contribution in [0, 0.1) is 5.92 Å². The van der Waals surface area contributed by atoms with Crippen molar-refractivity contribution in [3.05, 3.63) is 63.7 Å². The van der Waals surface area contributed by atoms with Crippen molar-refractivity contribution in [2.75, 3.05) is 47.1 Å². The molecule has 2 N–H and O–H groups in total. The van der Waals surface area contributed by atoms with Crippen LogP contribution in [0.25, 0.3) is 0 Å². The summed E-state index contributed by atoms with van der Waals surface area (Å²) in [7, 11) is 3.20. The summed E-state index contributed by atoms with van der Waals surface area (Å²) in [6.07, 6.45) is -3.44. The van der Waals surface area contributed by atoms with Crippen molar-refractivity contribution in [2.45, 2.75) is 56.5 Å². The number of hydrogen-bond acceptors (Lipinski definition) is 6. The second-order valence-corrected chi connectivity index (χ2v) is 11.7. The first-order chi connectivity index (χ1) is 20.9. The monoisotopic (exact) mass is 642 g/mol. The summed E-state index contributed by atoms with van der Waals surface area (Å²) in [5.41, 5.74) is -1.59. The van der Waals surface area contributed by atoms with Gasteiger partial charge in [0.25, 0.3) is 0 Å². The minimum Gasteiger partial charge on any atom is -0.491 e. The van der Waals surface area contributed by atoms with Crippen LogP contribution in [0.4, 0.5) is 18.0 Å². The lowest BCUT2D eigenvalue weighted by Crippen LogP contribution is -2.57. The van der Waals surface area contributed by atoms with E-state index in [4.69, 9.17) is 25.8 Å². The van der Waals surface area contributed by atoms with Crippen molar-refractivity contribution in [2.24, 2.45) is 5.92 Å². The fourth-order valence-corrected chi connectivity index (χ4v) is 5.86. The second kappa shape index (κ2) is 14.4. The lowest BCUT2D eigenvalue weighted by molar-refractivity contribution is -0.154. The Morgan fingerprint density at radius 2 is 1.77 bits per heavy atom. The Bertz CT molecular complexity index is 1300. The number of ether oxygens (including phenoxy) is 3. The zero-order valence-corrected chi connectivity index (χ0v) is 25.5. The number of piperidine rings is 1. The Hall–Kier alpha value is -3.06. The van der Waals surface area contributed by atoms with E-state index < -0.39 is 40.3 Å². The highest BCUT2D eigenvalue weighted by atomic mass is 35.5. The highest BCUT2D eigenvalue weighted by Gasteiger charge is 2.51. The predicted octanol–water partition coefficient (Wildman–Crippen LogP) is 5.34. The molecule has 0 radical (unpaired) electrons. The summed E-state index contributed by atoms with van der Waals surface area (Å²) in [4.78, 5) is 28.9. The van der Waals surface area contributed by atoms with Gasteiger partial charge in [0, 0.05) is 46.5 Å². The van der Waals surface area contributed by atoms with Crippen molar-refractivity contribution < 1.29 is 47.2 Å². The molecule has 1 heterocycles. The van der Waals surface area contributed by atoms with Gasteiger partial charge in [-0.2, -0.15) is 13.2 Å². The molecule has 1 saturated heterocycles.